The fourth-order valence-corrected chi connectivity index (χ4v) is 1.19. The van der Waals surface area contributed by atoms with Crippen molar-refractivity contribution in [2.75, 3.05) is 7.05 Å². The predicted octanol–water partition coefficient (Wildman–Crippen LogP) is 1.82. The maximum absolute atomic E-state index is 8.56. The lowest BCUT2D eigenvalue weighted by Gasteiger charge is -2.21. The molecule has 74 valence electrons. The van der Waals surface area contributed by atoms with Crippen molar-refractivity contribution in [1.29, 1.82) is 5.26 Å². The first-order valence-electron chi connectivity index (χ1n) is 4.71. The summed E-state index contributed by atoms with van der Waals surface area (Å²) in [6.45, 7) is 2.84. The molecular formula is C11H15N3. The third-order valence-corrected chi connectivity index (χ3v) is 2.28. The van der Waals surface area contributed by atoms with Crippen molar-refractivity contribution < 1.29 is 0 Å². The van der Waals surface area contributed by atoms with Crippen LogP contribution in [0.5, 0.6) is 0 Å². The molecule has 1 aromatic heterocycles. The van der Waals surface area contributed by atoms with Crippen LogP contribution in [0.15, 0.2) is 24.4 Å². The van der Waals surface area contributed by atoms with Gasteiger partial charge in [-0.15, -0.1) is 0 Å². The van der Waals surface area contributed by atoms with Gasteiger partial charge in [0.2, 0.25) is 0 Å². The summed E-state index contributed by atoms with van der Waals surface area (Å²) in [5.74, 6) is 0. The fraction of sp³-hybridized carbons (Fsp3) is 0.455. The van der Waals surface area contributed by atoms with E-state index in [9.17, 15) is 0 Å². The number of pyridine rings is 1. The van der Waals surface area contributed by atoms with Crippen molar-refractivity contribution in [2.45, 2.75) is 25.9 Å². The molecule has 3 nitrogen and oxygen atoms in total. The van der Waals surface area contributed by atoms with E-state index in [2.05, 4.69) is 16.0 Å². The van der Waals surface area contributed by atoms with E-state index in [1.54, 1.807) is 6.20 Å². The van der Waals surface area contributed by atoms with Crippen molar-refractivity contribution in [3.8, 4) is 6.07 Å². The molecule has 1 atom stereocenters. The highest BCUT2D eigenvalue weighted by Gasteiger charge is 2.08. The van der Waals surface area contributed by atoms with Gasteiger partial charge in [0.05, 0.1) is 18.2 Å². The Morgan fingerprint density at radius 2 is 2.36 bits per heavy atom. The maximum Gasteiger partial charge on any atom is 0.0638 e. The Labute approximate surface area is 85.0 Å². The van der Waals surface area contributed by atoms with E-state index in [0.29, 0.717) is 6.42 Å². The number of nitriles is 1. The summed E-state index contributed by atoms with van der Waals surface area (Å²) in [5, 5.41) is 8.56. The molecule has 0 aromatic carbocycles. The van der Waals surface area contributed by atoms with Crippen LogP contribution in [-0.2, 0) is 6.54 Å². The second kappa shape index (κ2) is 5.36. The zero-order chi connectivity index (χ0) is 10.4. The zero-order valence-corrected chi connectivity index (χ0v) is 8.64. The van der Waals surface area contributed by atoms with Gasteiger partial charge in [-0.05, 0) is 26.1 Å². The highest BCUT2D eigenvalue weighted by Crippen LogP contribution is 2.05. The van der Waals surface area contributed by atoms with Crippen LogP contribution in [0.4, 0.5) is 0 Å². The average Bonchev–Trinajstić information content (AvgIpc) is 2.19. The lowest BCUT2D eigenvalue weighted by molar-refractivity contribution is 0.249. The molecule has 1 unspecified atom stereocenters. The molecule has 3 heteroatoms. The van der Waals surface area contributed by atoms with Gasteiger partial charge in [0.25, 0.3) is 0 Å². The Morgan fingerprint density at radius 1 is 1.57 bits per heavy atom. The van der Waals surface area contributed by atoms with Crippen LogP contribution in [-0.4, -0.2) is 23.0 Å². The van der Waals surface area contributed by atoms with E-state index in [0.717, 1.165) is 12.2 Å². The van der Waals surface area contributed by atoms with Gasteiger partial charge in [-0.2, -0.15) is 5.26 Å². The second-order valence-electron chi connectivity index (χ2n) is 3.45. The van der Waals surface area contributed by atoms with Gasteiger partial charge >= 0.3 is 0 Å². The molecule has 1 aromatic rings. The highest BCUT2D eigenvalue weighted by molar-refractivity contribution is 5.03. The number of rotatable bonds is 4. The standard InChI is InChI=1S/C11H15N3/c1-10(6-7-12)14(2)9-11-5-3-4-8-13-11/h3-5,8,10H,6,9H2,1-2H3. The normalized spacial score (nSPS) is 12.4. The minimum absolute atomic E-state index is 0.280. The average molecular weight is 189 g/mol. The molecule has 1 rings (SSSR count). The highest BCUT2D eigenvalue weighted by atomic mass is 15.1. The largest absolute Gasteiger partial charge is 0.297 e. The van der Waals surface area contributed by atoms with Crippen molar-refractivity contribution in [2.24, 2.45) is 0 Å². The molecule has 0 fully saturated rings. The number of nitrogens with zero attached hydrogens (tertiary/aromatic N) is 3. The Morgan fingerprint density at radius 3 is 2.93 bits per heavy atom. The lowest BCUT2D eigenvalue weighted by atomic mass is 10.2. The Kier molecular flexibility index (Phi) is 4.09. The van der Waals surface area contributed by atoms with Gasteiger partial charge < -0.3 is 0 Å². The van der Waals surface area contributed by atoms with Crippen molar-refractivity contribution >= 4 is 0 Å². The SMILES string of the molecule is CC(CC#N)N(C)Cc1ccccn1. The molecule has 0 radical (unpaired) electrons. The van der Waals surface area contributed by atoms with Crippen molar-refractivity contribution in [3.05, 3.63) is 30.1 Å². The predicted molar refractivity (Wildman–Crippen MR) is 55.4 cm³/mol. The molecule has 0 N–H and O–H groups in total. The molecule has 0 saturated heterocycles. The summed E-state index contributed by atoms with van der Waals surface area (Å²) < 4.78 is 0. The zero-order valence-electron chi connectivity index (χ0n) is 8.64. The molecule has 0 aliphatic rings. The molecule has 1 heterocycles. The summed E-state index contributed by atoms with van der Waals surface area (Å²) in [6, 6.07) is 8.33. The van der Waals surface area contributed by atoms with Crippen LogP contribution in [0, 0.1) is 11.3 Å². The Hall–Kier alpha value is -1.40. The van der Waals surface area contributed by atoms with Crippen LogP contribution in [0.2, 0.25) is 0 Å². The number of hydrogen-bond donors (Lipinski definition) is 0. The number of hydrogen-bond acceptors (Lipinski definition) is 3. The van der Waals surface area contributed by atoms with Crippen molar-refractivity contribution in [1.82, 2.24) is 9.88 Å². The van der Waals surface area contributed by atoms with Gasteiger partial charge in [-0.25, -0.2) is 0 Å². The second-order valence-corrected chi connectivity index (χ2v) is 3.45. The van der Waals surface area contributed by atoms with Gasteiger partial charge in [0.1, 0.15) is 0 Å². The van der Waals surface area contributed by atoms with Crippen LogP contribution in [0.3, 0.4) is 0 Å². The van der Waals surface area contributed by atoms with E-state index in [1.165, 1.54) is 0 Å². The molecule has 14 heavy (non-hydrogen) atoms. The summed E-state index contributed by atoms with van der Waals surface area (Å²) in [4.78, 5) is 6.37. The minimum Gasteiger partial charge on any atom is -0.297 e. The maximum atomic E-state index is 8.56. The van der Waals surface area contributed by atoms with Crippen molar-refractivity contribution in [3.63, 3.8) is 0 Å². The molecule has 0 saturated carbocycles. The Bertz CT molecular complexity index is 302. The summed E-state index contributed by atoms with van der Waals surface area (Å²) in [7, 11) is 2.01. The van der Waals surface area contributed by atoms with Gasteiger partial charge in [-0.3, -0.25) is 9.88 Å². The molecule has 0 amide bonds. The third-order valence-electron chi connectivity index (χ3n) is 2.28. The van der Waals surface area contributed by atoms with Crippen LogP contribution < -0.4 is 0 Å². The topological polar surface area (TPSA) is 39.9 Å². The lowest BCUT2D eigenvalue weighted by Crippen LogP contribution is -2.28. The first kappa shape index (κ1) is 10.7. The Balaban J connectivity index is 2.49. The quantitative estimate of drug-likeness (QED) is 0.725. The minimum atomic E-state index is 0.280. The first-order valence-corrected chi connectivity index (χ1v) is 4.71. The smallest absolute Gasteiger partial charge is 0.0638 e. The van der Waals surface area contributed by atoms with Crippen LogP contribution >= 0.6 is 0 Å². The van der Waals surface area contributed by atoms with Gasteiger partial charge in [-0.1, -0.05) is 6.07 Å². The molecule has 0 aliphatic heterocycles. The summed E-state index contributed by atoms with van der Waals surface area (Å²) in [5.41, 5.74) is 1.04. The third kappa shape index (κ3) is 3.15. The van der Waals surface area contributed by atoms with Crippen LogP contribution in [0.25, 0.3) is 0 Å². The van der Waals surface area contributed by atoms with E-state index in [4.69, 9.17) is 5.26 Å². The van der Waals surface area contributed by atoms with E-state index in [-0.39, 0.29) is 6.04 Å². The molecular weight excluding hydrogens is 174 g/mol. The number of aromatic nitrogens is 1. The van der Waals surface area contributed by atoms with Gasteiger partial charge in [0.15, 0.2) is 0 Å². The van der Waals surface area contributed by atoms with E-state index >= 15 is 0 Å². The molecule has 0 spiro atoms. The molecule has 0 bridgehead atoms. The summed E-state index contributed by atoms with van der Waals surface area (Å²) in [6.07, 6.45) is 2.35. The fourth-order valence-electron chi connectivity index (χ4n) is 1.19. The first-order chi connectivity index (χ1) is 6.74. The van der Waals surface area contributed by atoms with Crippen LogP contribution in [0.1, 0.15) is 19.0 Å². The van der Waals surface area contributed by atoms with E-state index in [1.807, 2.05) is 32.2 Å². The van der Waals surface area contributed by atoms with E-state index < -0.39 is 0 Å². The monoisotopic (exact) mass is 189 g/mol. The molecule has 0 aliphatic carbocycles. The van der Waals surface area contributed by atoms with Gasteiger partial charge in [0, 0.05) is 18.8 Å². The summed E-state index contributed by atoms with van der Waals surface area (Å²) >= 11 is 0.